The summed E-state index contributed by atoms with van der Waals surface area (Å²) >= 11 is 0. The summed E-state index contributed by atoms with van der Waals surface area (Å²) in [6.07, 6.45) is 15.9. The Morgan fingerprint density at radius 3 is 1.53 bits per heavy atom. The third kappa shape index (κ3) is 10.3. The molecule has 0 N–H and O–H groups in total. The lowest BCUT2D eigenvalue weighted by atomic mass is 9.83. The zero-order valence-electron chi connectivity index (χ0n) is 11.4. The maximum Gasteiger partial charge on any atom is 0.101 e. The van der Waals surface area contributed by atoms with Crippen LogP contribution in [0.15, 0.2) is 0 Å². The Labute approximate surface area is 98.6 Å². The third-order valence-corrected chi connectivity index (χ3v) is 3.51. The maximum atomic E-state index is 2.37. The molecule has 0 aliphatic rings. The van der Waals surface area contributed by atoms with Gasteiger partial charge in [0, 0.05) is 0 Å². The van der Waals surface area contributed by atoms with Crippen molar-refractivity contribution in [1.29, 1.82) is 0 Å². The van der Waals surface area contributed by atoms with Crippen LogP contribution in [0.4, 0.5) is 0 Å². The Hall–Kier alpha value is 0.0649. The summed E-state index contributed by atoms with van der Waals surface area (Å²) in [5, 5.41) is 0. The lowest BCUT2D eigenvalue weighted by Gasteiger charge is -2.14. The maximum absolute atomic E-state index is 2.37. The molecule has 0 aromatic carbocycles. The van der Waals surface area contributed by atoms with E-state index in [1.54, 1.807) is 0 Å². The van der Waals surface area contributed by atoms with Crippen molar-refractivity contribution in [2.45, 2.75) is 84.4 Å². The Bertz CT molecular complexity index is 99.9. The second kappa shape index (κ2) is 12.1. The van der Waals surface area contributed by atoms with E-state index in [1.807, 2.05) is 0 Å². The van der Waals surface area contributed by atoms with Gasteiger partial charge in [-0.2, -0.15) is 0 Å². The van der Waals surface area contributed by atoms with E-state index < -0.39 is 0 Å². The minimum absolute atomic E-state index is 1.03. The van der Waals surface area contributed by atoms with E-state index in [0.717, 1.165) is 5.92 Å². The molecule has 0 aliphatic carbocycles. The molecule has 0 radical (unpaired) electrons. The molecule has 0 spiro atoms. The summed E-state index contributed by atoms with van der Waals surface area (Å²) in [6, 6.07) is 0. The molecule has 1 heteroatoms. The number of unbranched alkanes of at least 4 members (excludes halogenated alkanes) is 6. The molecule has 0 aromatic heterocycles. The molecular formula is C14H31B. The van der Waals surface area contributed by atoms with Crippen LogP contribution in [0.25, 0.3) is 0 Å². The number of hydrogen-bond donors (Lipinski definition) is 0. The van der Waals surface area contributed by atoms with Crippen LogP contribution in [0.1, 0.15) is 78.1 Å². The molecule has 0 atom stereocenters. The first-order chi connectivity index (χ1) is 7.35. The summed E-state index contributed by atoms with van der Waals surface area (Å²) in [6.45, 7) is 4.59. The smallest absolute Gasteiger partial charge is 0.0783 e. The molecule has 0 aliphatic heterocycles. The third-order valence-electron chi connectivity index (χ3n) is 3.51. The van der Waals surface area contributed by atoms with E-state index in [1.165, 1.54) is 70.5 Å². The Balaban J connectivity index is 3.29. The molecular weight excluding hydrogens is 179 g/mol. The van der Waals surface area contributed by atoms with Crippen molar-refractivity contribution in [2.75, 3.05) is 0 Å². The molecule has 0 aromatic rings. The van der Waals surface area contributed by atoms with E-state index in [9.17, 15) is 0 Å². The van der Waals surface area contributed by atoms with Gasteiger partial charge < -0.3 is 0 Å². The largest absolute Gasteiger partial charge is 0.101 e. The molecule has 0 fully saturated rings. The predicted molar refractivity (Wildman–Crippen MR) is 74.4 cm³/mol. The monoisotopic (exact) mass is 210 g/mol. The van der Waals surface area contributed by atoms with E-state index in [0.29, 0.717) is 0 Å². The minimum Gasteiger partial charge on any atom is -0.0783 e. The van der Waals surface area contributed by atoms with Gasteiger partial charge in [0.1, 0.15) is 7.85 Å². The van der Waals surface area contributed by atoms with Gasteiger partial charge in [0.15, 0.2) is 0 Å². The van der Waals surface area contributed by atoms with Crippen LogP contribution in [0.2, 0.25) is 6.32 Å². The second-order valence-electron chi connectivity index (χ2n) is 4.97. The molecule has 0 unspecified atom stereocenters. The quantitative estimate of drug-likeness (QED) is 0.345. The van der Waals surface area contributed by atoms with Crippen LogP contribution in [0, 0.1) is 5.92 Å². The van der Waals surface area contributed by atoms with Crippen molar-refractivity contribution in [3.05, 3.63) is 0 Å². The first-order valence-electron chi connectivity index (χ1n) is 7.35. The highest BCUT2D eigenvalue weighted by Gasteiger charge is 2.05. The zero-order chi connectivity index (χ0) is 11.4. The lowest BCUT2D eigenvalue weighted by molar-refractivity contribution is 0.436. The molecule has 0 heterocycles. The van der Waals surface area contributed by atoms with Crippen molar-refractivity contribution >= 4 is 7.85 Å². The summed E-state index contributed by atoms with van der Waals surface area (Å²) in [4.78, 5) is 0. The molecule has 90 valence electrons. The van der Waals surface area contributed by atoms with Gasteiger partial charge in [-0.15, -0.1) is 0 Å². The van der Waals surface area contributed by atoms with Gasteiger partial charge in [-0.25, -0.2) is 0 Å². The van der Waals surface area contributed by atoms with Crippen molar-refractivity contribution in [3.63, 3.8) is 0 Å². The van der Waals surface area contributed by atoms with Crippen molar-refractivity contribution < 1.29 is 0 Å². The average Bonchev–Trinajstić information content (AvgIpc) is 2.27. The fourth-order valence-corrected chi connectivity index (χ4v) is 2.27. The van der Waals surface area contributed by atoms with Crippen molar-refractivity contribution in [2.24, 2.45) is 5.92 Å². The number of hydrogen-bond acceptors (Lipinski definition) is 0. The normalized spacial score (nSPS) is 11.1. The van der Waals surface area contributed by atoms with Gasteiger partial charge in [-0.3, -0.25) is 0 Å². The highest BCUT2D eigenvalue weighted by atomic mass is 14.1. The van der Waals surface area contributed by atoms with Gasteiger partial charge >= 0.3 is 0 Å². The fraction of sp³-hybridized carbons (Fsp3) is 1.00. The van der Waals surface area contributed by atoms with Crippen LogP contribution < -0.4 is 0 Å². The summed E-state index contributed by atoms with van der Waals surface area (Å²) < 4.78 is 0. The molecule has 0 saturated carbocycles. The van der Waals surface area contributed by atoms with Gasteiger partial charge in [0.05, 0.1) is 0 Å². The minimum atomic E-state index is 1.03. The molecule has 15 heavy (non-hydrogen) atoms. The number of rotatable bonds is 11. The molecule has 0 rings (SSSR count). The first-order valence-corrected chi connectivity index (χ1v) is 7.35. The van der Waals surface area contributed by atoms with Crippen molar-refractivity contribution in [1.82, 2.24) is 0 Å². The van der Waals surface area contributed by atoms with Gasteiger partial charge in [-0.1, -0.05) is 84.4 Å². The van der Waals surface area contributed by atoms with E-state index in [4.69, 9.17) is 0 Å². The summed E-state index contributed by atoms with van der Waals surface area (Å²) in [7, 11) is 2.37. The fourth-order valence-electron chi connectivity index (χ4n) is 2.27. The summed E-state index contributed by atoms with van der Waals surface area (Å²) in [5.41, 5.74) is 0. The zero-order valence-corrected chi connectivity index (χ0v) is 11.4. The predicted octanol–water partition coefficient (Wildman–Crippen LogP) is 4.59. The molecule has 0 amide bonds. The van der Waals surface area contributed by atoms with Gasteiger partial charge in [0.25, 0.3) is 0 Å². The van der Waals surface area contributed by atoms with E-state index >= 15 is 0 Å². The average molecular weight is 210 g/mol. The van der Waals surface area contributed by atoms with E-state index in [-0.39, 0.29) is 0 Å². The summed E-state index contributed by atoms with van der Waals surface area (Å²) in [5.74, 6) is 1.03. The van der Waals surface area contributed by atoms with Gasteiger partial charge in [-0.05, 0) is 5.92 Å². The van der Waals surface area contributed by atoms with Crippen LogP contribution in [0.5, 0.6) is 0 Å². The van der Waals surface area contributed by atoms with Crippen LogP contribution >= 0.6 is 0 Å². The highest BCUT2D eigenvalue weighted by molar-refractivity contribution is 6.08. The standard InChI is InChI=1S/C14H31B/c1-3-5-7-9-11-14(13-15)12-10-8-6-4-2/h14H,3-13,15H2,1-2H3. The van der Waals surface area contributed by atoms with Crippen LogP contribution in [-0.4, -0.2) is 7.85 Å². The topological polar surface area (TPSA) is 0 Å². The second-order valence-corrected chi connectivity index (χ2v) is 4.97. The van der Waals surface area contributed by atoms with Gasteiger partial charge in [0.2, 0.25) is 0 Å². The van der Waals surface area contributed by atoms with E-state index in [2.05, 4.69) is 21.7 Å². The Kier molecular flexibility index (Phi) is 12.2. The molecule has 0 bridgehead atoms. The van der Waals surface area contributed by atoms with Crippen LogP contribution in [0.3, 0.4) is 0 Å². The first kappa shape index (κ1) is 15.1. The van der Waals surface area contributed by atoms with Crippen molar-refractivity contribution in [3.8, 4) is 0 Å². The lowest BCUT2D eigenvalue weighted by Crippen LogP contribution is -2.00. The SMILES string of the molecule is BCC(CCCCCC)CCCCCC. The molecule has 0 saturated heterocycles. The Morgan fingerprint density at radius 2 is 1.20 bits per heavy atom. The van der Waals surface area contributed by atoms with Crippen LogP contribution in [-0.2, 0) is 0 Å². The molecule has 0 nitrogen and oxygen atoms in total. The Morgan fingerprint density at radius 1 is 0.733 bits per heavy atom. The highest BCUT2D eigenvalue weighted by Crippen LogP contribution is 2.20.